The third-order valence-electron chi connectivity index (χ3n) is 12.3. The minimum Gasteiger partial charge on any atom is -0.355 e. The van der Waals surface area contributed by atoms with Gasteiger partial charge in [-0.05, 0) is 143 Å². The van der Waals surface area contributed by atoms with Crippen LogP contribution in [0, 0.1) is 11.8 Å². The van der Waals surface area contributed by atoms with Crippen LogP contribution in [0.1, 0.15) is 38.8 Å². The van der Waals surface area contributed by atoms with Crippen molar-refractivity contribution in [2.45, 2.75) is 40.5 Å². The van der Waals surface area contributed by atoms with Crippen LogP contribution in [-0.4, -0.2) is 14.1 Å². The van der Waals surface area contributed by atoms with Crippen molar-refractivity contribution in [3.05, 3.63) is 181 Å². The van der Waals surface area contributed by atoms with E-state index in [1.807, 2.05) is 0 Å². The van der Waals surface area contributed by atoms with E-state index in [1.54, 1.807) is 0 Å². The van der Waals surface area contributed by atoms with Crippen LogP contribution in [0.2, 0.25) is 0 Å². The molecule has 0 saturated carbocycles. The fraction of sp³-hybridized carbons (Fsp3) is 0.143. The van der Waals surface area contributed by atoms with E-state index in [1.165, 1.54) is 99.1 Å². The Hall–Kier alpha value is -6.84. The first-order valence-electron chi connectivity index (χ1n) is 21.2. The van der Waals surface area contributed by atoms with Gasteiger partial charge in [-0.25, -0.2) is 0 Å². The molecule has 11 rings (SSSR count). The third kappa shape index (κ3) is 6.03. The molecular formula is C56H47N3. The molecule has 3 nitrogen and oxygen atoms in total. The van der Waals surface area contributed by atoms with E-state index in [9.17, 15) is 0 Å². The van der Waals surface area contributed by atoms with Gasteiger partial charge in [-0.15, -0.1) is 0 Å². The van der Waals surface area contributed by atoms with Gasteiger partial charge in [0, 0.05) is 54.7 Å². The van der Waals surface area contributed by atoms with Crippen molar-refractivity contribution >= 4 is 65.4 Å². The van der Waals surface area contributed by atoms with E-state index in [-0.39, 0.29) is 0 Å². The van der Waals surface area contributed by atoms with Gasteiger partial charge in [0.2, 0.25) is 0 Å². The monoisotopic (exact) mass is 761 g/mol. The normalized spacial score (nSPS) is 12.2. The zero-order valence-electron chi connectivity index (χ0n) is 34.1. The zero-order chi connectivity index (χ0) is 39.8. The number of rotatable bonds is 8. The van der Waals surface area contributed by atoms with Crippen LogP contribution in [0.3, 0.4) is 0 Å². The van der Waals surface area contributed by atoms with Gasteiger partial charge in [-0.1, -0.05) is 113 Å². The highest BCUT2D eigenvalue weighted by Gasteiger charge is 2.17. The largest absolute Gasteiger partial charge is 0.355 e. The summed E-state index contributed by atoms with van der Waals surface area (Å²) in [7, 11) is 0. The molecule has 59 heavy (non-hydrogen) atoms. The number of nitrogens with zero attached hydrogens (tertiary/aromatic N) is 2. The van der Waals surface area contributed by atoms with Crippen LogP contribution in [0.25, 0.3) is 99.0 Å². The van der Waals surface area contributed by atoms with Gasteiger partial charge in [0.05, 0.1) is 22.1 Å². The summed E-state index contributed by atoms with van der Waals surface area (Å²) in [4.78, 5) is 3.71. The molecule has 0 radical (unpaired) electrons. The van der Waals surface area contributed by atoms with Crippen molar-refractivity contribution in [1.29, 1.82) is 0 Å². The number of nitrogens with one attached hydrogen (secondary N) is 1. The molecule has 0 aliphatic heterocycles. The summed E-state index contributed by atoms with van der Waals surface area (Å²) in [5, 5.41) is 7.56. The average Bonchev–Trinajstić information content (AvgIpc) is 3.90. The van der Waals surface area contributed by atoms with Crippen LogP contribution in [0.4, 0.5) is 0 Å². The lowest BCUT2D eigenvalue weighted by Crippen LogP contribution is -1.97. The molecule has 0 amide bonds. The van der Waals surface area contributed by atoms with E-state index in [0.717, 1.165) is 23.9 Å². The van der Waals surface area contributed by atoms with E-state index in [0.29, 0.717) is 11.8 Å². The number of benzene rings is 8. The van der Waals surface area contributed by atoms with Gasteiger partial charge in [-0.3, -0.25) is 0 Å². The number of aromatic amines is 1. The first-order valence-corrected chi connectivity index (χ1v) is 21.2. The fourth-order valence-electron chi connectivity index (χ4n) is 9.62. The van der Waals surface area contributed by atoms with Crippen molar-refractivity contribution in [2.24, 2.45) is 11.8 Å². The van der Waals surface area contributed by atoms with Crippen LogP contribution in [0.15, 0.2) is 170 Å². The maximum absolute atomic E-state index is 3.71. The summed E-state index contributed by atoms with van der Waals surface area (Å²) in [6.45, 7) is 9.12. The molecule has 8 aromatic carbocycles. The molecule has 0 bridgehead atoms. The summed E-state index contributed by atoms with van der Waals surface area (Å²) >= 11 is 0. The Bertz CT molecular complexity index is 3140. The number of hydrogen-bond acceptors (Lipinski definition) is 0. The maximum Gasteiger partial charge on any atom is 0.0541 e. The SMILES string of the molecule is CC(C)Cc1ccc(-n2c3ccccc3c3cc(-c4ccc5[nH]c6ccc(-c7ccc8c(c7)c7ccccc7n8-c7ccc(CC(C)C)cc7)cc6c5c4)ccc32)cc1. The van der Waals surface area contributed by atoms with Crippen molar-refractivity contribution in [2.75, 3.05) is 0 Å². The molecule has 0 aliphatic carbocycles. The topological polar surface area (TPSA) is 25.6 Å². The van der Waals surface area contributed by atoms with Gasteiger partial charge in [-0.2, -0.15) is 0 Å². The van der Waals surface area contributed by atoms with Crippen LogP contribution < -0.4 is 0 Å². The van der Waals surface area contributed by atoms with Crippen molar-refractivity contribution < 1.29 is 0 Å². The second kappa shape index (κ2) is 13.9. The Labute approximate surface area is 345 Å². The number of fused-ring (bicyclic) bond motifs is 9. The van der Waals surface area contributed by atoms with E-state index >= 15 is 0 Å². The highest BCUT2D eigenvalue weighted by molar-refractivity contribution is 6.13. The van der Waals surface area contributed by atoms with E-state index < -0.39 is 0 Å². The molecule has 0 spiro atoms. The molecule has 0 atom stereocenters. The predicted octanol–water partition coefficient (Wildman–Crippen LogP) is 15.2. The van der Waals surface area contributed by atoms with Gasteiger partial charge < -0.3 is 14.1 Å². The van der Waals surface area contributed by atoms with Crippen LogP contribution >= 0.6 is 0 Å². The molecule has 0 unspecified atom stereocenters. The summed E-state index contributed by atoms with van der Waals surface area (Å²) in [6.07, 6.45) is 2.19. The molecule has 286 valence electrons. The lowest BCUT2D eigenvalue weighted by molar-refractivity contribution is 0.647. The highest BCUT2D eigenvalue weighted by atomic mass is 15.0. The summed E-state index contributed by atoms with van der Waals surface area (Å²) < 4.78 is 4.83. The molecule has 11 aromatic rings. The van der Waals surface area contributed by atoms with E-state index in [2.05, 4.69) is 212 Å². The summed E-state index contributed by atoms with van der Waals surface area (Å²) in [5.41, 5.74) is 17.2. The van der Waals surface area contributed by atoms with E-state index in [4.69, 9.17) is 0 Å². The maximum atomic E-state index is 3.71. The first kappa shape index (κ1) is 35.3. The van der Waals surface area contributed by atoms with Crippen molar-refractivity contribution in [3.63, 3.8) is 0 Å². The fourth-order valence-corrected chi connectivity index (χ4v) is 9.62. The minimum absolute atomic E-state index is 0.636. The van der Waals surface area contributed by atoms with Gasteiger partial charge in [0.1, 0.15) is 0 Å². The van der Waals surface area contributed by atoms with Crippen LogP contribution in [0.5, 0.6) is 0 Å². The Morgan fingerprint density at radius 1 is 0.356 bits per heavy atom. The Morgan fingerprint density at radius 2 is 0.712 bits per heavy atom. The summed E-state index contributed by atoms with van der Waals surface area (Å²) in [6, 6.07) is 63.6. The van der Waals surface area contributed by atoms with Crippen LogP contribution in [-0.2, 0) is 12.8 Å². The Morgan fingerprint density at radius 3 is 1.12 bits per heavy atom. The van der Waals surface area contributed by atoms with Gasteiger partial charge in [0.25, 0.3) is 0 Å². The predicted molar refractivity (Wildman–Crippen MR) is 252 cm³/mol. The Kier molecular flexibility index (Phi) is 8.34. The molecule has 3 aromatic heterocycles. The molecular weight excluding hydrogens is 715 g/mol. The van der Waals surface area contributed by atoms with Crippen molar-refractivity contribution in [1.82, 2.24) is 14.1 Å². The number of hydrogen-bond donors (Lipinski definition) is 1. The molecule has 1 N–H and O–H groups in total. The smallest absolute Gasteiger partial charge is 0.0541 e. The second-order valence-corrected chi connectivity index (χ2v) is 17.3. The minimum atomic E-state index is 0.636. The zero-order valence-corrected chi connectivity index (χ0v) is 34.1. The highest BCUT2D eigenvalue weighted by Crippen LogP contribution is 2.39. The molecule has 0 aliphatic rings. The summed E-state index contributed by atoms with van der Waals surface area (Å²) in [5.74, 6) is 1.27. The lowest BCUT2D eigenvalue weighted by atomic mass is 9.98. The molecule has 0 fully saturated rings. The molecule has 3 heteroatoms. The molecule has 0 saturated heterocycles. The molecule has 3 heterocycles. The Balaban J connectivity index is 0.984. The van der Waals surface area contributed by atoms with Gasteiger partial charge in [0.15, 0.2) is 0 Å². The average molecular weight is 762 g/mol. The van der Waals surface area contributed by atoms with Crippen molar-refractivity contribution in [3.8, 4) is 33.6 Å². The number of para-hydroxylation sites is 2. The quantitative estimate of drug-likeness (QED) is 0.160. The standard InChI is InChI=1S/C56H47N3/c1-35(2)29-37-13-21-43(22-14-37)58-53-11-7-5-9-45(53)49-33-41(19-27-55(49)58)39-17-25-51-47(31-39)48-32-40(18-26-52(48)57-51)42-20-28-56-50(34-42)46-10-6-8-12-54(46)59(56)44-23-15-38(16-24-44)30-36(3)4/h5-28,31-36,57H,29-30H2,1-4H3. The number of aromatic nitrogens is 3. The first-order chi connectivity index (χ1) is 28.9. The van der Waals surface area contributed by atoms with Gasteiger partial charge >= 0.3 is 0 Å². The third-order valence-corrected chi connectivity index (χ3v) is 12.3. The second-order valence-electron chi connectivity index (χ2n) is 17.3. The number of H-pyrrole nitrogens is 1. The lowest BCUT2D eigenvalue weighted by Gasteiger charge is -2.11.